The van der Waals surface area contributed by atoms with E-state index in [1.807, 2.05) is 37.3 Å². The van der Waals surface area contributed by atoms with E-state index in [0.717, 1.165) is 30.2 Å². The van der Waals surface area contributed by atoms with Gasteiger partial charge in [0, 0.05) is 44.7 Å². The van der Waals surface area contributed by atoms with Crippen LogP contribution >= 0.6 is 0 Å². The highest BCUT2D eigenvalue weighted by Crippen LogP contribution is 2.26. The molecule has 2 aromatic carbocycles. The van der Waals surface area contributed by atoms with Gasteiger partial charge in [0.05, 0.1) is 18.1 Å². The topological polar surface area (TPSA) is 102 Å². The van der Waals surface area contributed by atoms with Crippen LogP contribution in [0.25, 0.3) is 0 Å². The molecule has 0 radical (unpaired) electrons. The van der Waals surface area contributed by atoms with Gasteiger partial charge in [-0.1, -0.05) is 44.2 Å². The lowest BCUT2D eigenvalue weighted by Gasteiger charge is -2.38. The maximum absolute atomic E-state index is 14.0. The number of carbonyl (C=O) groups is 3. The predicted octanol–water partition coefficient (Wildman–Crippen LogP) is 1.86. The lowest BCUT2D eigenvalue weighted by atomic mass is 9.92. The summed E-state index contributed by atoms with van der Waals surface area (Å²) in [5.41, 5.74) is 1.17. The number of aliphatic hydroxyl groups excluding tert-OH is 1. The molecule has 2 heterocycles. The van der Waals surface area contributed by atoms with Crippen molar-refractivity contribution in [3.63, 3.8) is 0 Å². The molecule has 0 aromatic heterocycles. The minimum Gasteiger partial charge on any atom is -0.389 e. The number of aliphatic hydroxyl groups is 1. The van der Waals surface area contributed by atoms with Gasteiger partial charge in [-0.25, -0.2) is 8.78 Å². The third kappa shape index (κ3) is 6.80. The molecule has 39 heavy (non-hydrogen) atoms. The summed E-state index contributed by atoms with van der Waals surface area (Å²) in [5.74, 6) is -3.64. The minimum atomic E-state index is -1.40. The van der Waals surface area contributed by atoms with Crippen molar-refractivity contribution in [1.82, 2.24) is 20.4 Å². The molecular formula is C29H36F2N4O4. The highest BCUT2D eigenvalue weighted by molar-refractivity contribution is 5.91. The molecule has 10 heteroatoms. The van der Waals surface area contributed by atoms with E-state index in [9.17, 15) is 28.3 Å². The van der Waals surface area contributed by atoms with Crippen LogP contribution in [0.2, 0.25) is 0 Å². The number of nitrogens with one attached hydrogen (secondary N) is 2. The molecule has 2 saturated heterocycles. The summed E-state index contributed by atoms with van der Waals surface area (Å²) in [7, 11) is 0. The molecule has 5 atom stereocenters. The summed E-state index contributed by atoms with van der Waals surface area (Å²) in [4.78, 5) is 42.7. The van der Waals surface area contributed by atoms with E-state index >= 15 is 0 Å². The van der Waals surface area contributed by atoms with E-state index in [0.29, 0.717) is 26.2 Å². The Morgan fingerprint density at radius 2 is 1.77 bits per heavy atom. The zero-order chi connectivity index (χ0) is 28.1. The van der Waals surface area contributed by atoms with E-state index in [1.54, 1.807) is 16.7 Å². The van der Waals surface area contributed by atoms with Crippen LogP contribution < -0.4 is 10.6 Å². The van der Waals surface area contributed by atoms with Gasteiger partial charge in [0.2, 0.25) is 17.7 Å². The molecule has 8 nitrogen and oxygen atoms in total. The summed E-state index contributed by atoms with van der Waals surface area (Å²) in [6, 6.07) is 10.4. The van der Waals surface area contributed by atoms with Crippen molar-refractivity contribution in [2.75, 3.05) is 26.2 Å². The van der Waals surface area contributed by atoms with E-state index in [1.165, 1.54) is 0 Å². The van der Waals surface area contributed by atoms with Gasteiger partial charge in [0.15, 0.2) is 0 Å². The lowest BCUT2D eigenvalue weighted by molar-refractivity contribution is -0.141. The van der Waals surface area contributed by atoms with Crippen molar-refractivity contribution in [3.05, 3.63) is 71.3 Å². The van der Waals surface area contributed by atoms with Crippen molar-refractivity contribution >= 4 is 17.7 Å². The molecule has 3 N–H and O–H groups in total. The lowest BCUT2D eigenvalue weighted by Crippen LogP contribution is -2.64. The van der Waals surface area contributed by atoms with Crippen LogP contribution in [0.4, 0.5) is 8.78 Å². The zero-order valence-corrected chi connectivity index (χ0v) is 22.3. The fraction of sp³-hybridized carbons (Fsp3) is 0.483. The Morgan fingerprint density at radius 1 is 1.08 bits per heavy atom. The molecular weight excluding hydrogens is 506 g/mol. The molecule has 0 spiro atoms. The van der Waals surface area contributed by atoms with Gasteiger partial charge >= 0.3 is 0 Å². The second-order valence-electron chi connectivity index (χ2n) is 10.4. The van der Waals surface area contributed by atoms with Crippen molar-refractivity contribution in [2.45, 2.75) is 51.4 Å². The molecule has 210 valence electrons. The smallest absolute Gasteiger partial charge is 0.242 e. The summed E-state index contributed by atoms with van der Waals surface area (Å²) >= 11 is 0. The summed E-state index contributed by atoms with van der Waals surface area (Å²) in [6.45, 7) is 5.68. The van der Waals surface area contributed by atoms with Crippen LogP contribution in [0.1, 0.15) is 31.4 Å². The first-order valence-corrected chi connectivity index (χ1v) is 13.5. The Morgan fingerprint density at radius 3 is 2.44 bits per heavy atom. The first kappa shape index (κ1) is 28.6. The fourth-order valence-electron chi connectivity index (χ4n) is 5.47. The quantitative estimate of drug-likeness (QED) is 0.426. The highest BCUT2D eigenvalue weighted by atomic mass is 19.1. The molecule has 0 aliphatic carbocycles. The van der Waals surface area contributed by atoms with Gasteiger partial charge in [0.1, 0.15) is 17.7 Å². The molecule has 0 saturated carbocycles. The molecule has 0 bridgehead atoms. The second kappa shape index (κ2) is 12.7. The Kier molecular flexibility index (Phi) is 9.29. The summed E-state index contributed by atoms with van der Waals surface area (Å²) in [5, 5.41) is 17.3. The van der Waals surface area contributed by atoms with Crippen molar-refractivity contribution in [2.24, 2.45) is 11.8 Å². The van der Waals surface area contributed by atoms with E-state index in [4.69, 9.17) is 0 Å². The second-order valence-corrected chi connectivity index (χ2v) is 10.4. The number of likely N-dealkylation sites (tertiary alicyclic amines) is 1. The largest absolute Gasteiger partial charge is 0.389 e. The number of carbonyl (C=O) groups excluding carboxylic acids is 3. The molecule has 3 amide bonds. The van der Waals surface area contributed by atoms with Crippen LogP contribution in [0.3, 0.4) is 0 Å². The van der Waals surface area contributed by atoms with E-state index in [-0.39, 0.29) is 30.3 Å². The third-order valence-electron chi connectivity index (χ3n) is 7.55. The Hall–Kier alpha value is -3.37. The minimum absolute atomic E-state index is 0.109. The number of hydrogen-bond donors (Lipinski definition) is 3. The highest BCUT2D eigenvalue weighted by Gasteiger charge is 2.43. The Bertz CT molecular complexity index is 1160. The molecule has 4 rings (SSSR count). The standard InChI is InChI=1S/C29H36F2N4O4/c1-3-10-34-17-23(18(2)28(34)38)27(37)33-24(14-20-12-21(30)15-22(31)13-20)26(36)25-29(39)35(11-9-32-25)16-19-7-5-4-6-8-19/h4-8,12-13,15,18,23-26,32,36H,3,9-11,14,16-17H2,1-2H3,(H,33,37)/t18?,23?,24-,25-,26-/m0/s1. The Balaban J connectivity index is 1.54. The molecule has 2 aliphatic heterocycles. The van der Waals surface area contributed by atoms with Crippen molar-refractivity contribution in [3.8, 4) is 0 Å². The average molecular weight is 543 g/mol. The van der Waals surface area contributed by atoms with Gasteiger partial charge in [-0.2, -0.15) is 0 Å². The molecule has 2 unspecified atom stereocenters. The third-order valence-corrected chi connectivity index (χ3v) is 7.55. The fourth-order valence-corrected chi connectivity index (χ4v) is 5.47. The average Bonchev–Trinajstić information content (AvgIpc) is 3.18. The van der Waals surface area contributed by atoms with Crippen LogP contribution in [-0.4, -0.2) is 77.0 Å². The maximum atomic E-state index is 14.0. The number of rotatable bonds is 10. The number of halogens is 2. The van der Waals surface area contributed by atoms with Gasteiger partial charge < -0.3 is 25.5 Å². The van der Waals surface area contributed by atoms with E-state index < -0.39 is 47.6 Å². The number of nitrogens with zero attached hydrogens (tertiary/aromatic N) is 2. The van der Waals surface area contributed by atoms with Gasteiger partial charge in [-0.15, -0.1) is 0 Å². The monoisotopic (exact) mass is 542 g/mol. The SMILES string of the molecule is CCCN1CC(C(=O)N[C@@H](Cc2cc(F)cc(F)c2)[C@H](O)[C@@H]2NCCN(Cc3ccccc3)C2=O)C(C)C1=O. The van der Waals surface area contributed by atoms with Crippen molar-refractivity contribution in [1.29, 1.82) is 0 Å². The van der Waals surface area contributed by atoms with E-state index in [2.05, 4.69) is 10.6 Å². The van der Waals surface area contributed by atoms with Crippen LogP contribution in [0.15, 0.2) is 48.5 Å². The summed E-state index contributed by atoms with van der Waals surface area (Å²) < 4.78 is 27.9. The molecule has 2 aromatic rings. The summed E-state index contributed by atoms with van der Waals surface area (Å²) in [6.07, 6.45) is -0.751. The van der Waals surface area contributed by atoms with Crippen LogP contribution in [0, 0.1) is 23.5 Å². The Labute approximate surface area is 227 Å². The zero-order valence-electron chi connectivity index (χ0n) is 22.3. The molecule has 2 aliphatic rings. The predicted molar refractivity (Wildman–Crippen MR) is 141 cm³/mol. The number of hydrogen-bond acceptors (Lipinski definition) is 5. The number of benzene rings is 2. The van der Waals surface area contributed by atoms with Gasteiger partial charge in [-0.05, 0) is 36.1 Å². The first-order valence-electron chi connectivity index (χ1n) is 13.5. The van der Waals surface area contributed by atoms with Gasteiger partial charge in [-0.3, -0.25) is 14.4 Å². The van der Waals surface area contributed by atoms with Crippen molar-refractivity contribution < 1.29 is 28.3 Å². The maximum Gasteiger partial charge on any atom is 0.242 e. The van der Waals surface area contributed by atoms with Crippen LogP contribution in [0.5, 0.6) is 0 Å². The number of amides is 3. The normalized spacial score (nSPS) is 23.2. The first-order chi connectivity index (χ1) is 18.7. The van der Waals surface area contributed by atoms with Crippen LogP contribution in [-0.2, 0) is 27.3 Å². The molecule has 2 fully saturated rings. The number of piperazine rings is 1. The van der Waals surface area contributed by atoms with Gasteiger partial charge in [0.25, 0.3) is 0 Å².